The highest BCUT2D eigenvalue weighted by Gasteiger charge is 2.06. The van der Waals surface area contributed by atoms with Crippen LogP contribution in [-0.4, -0.2) is 22.3 Å². The lowest BCUT2D eigenvalue weighted by molar-refractivity contribution is 0.102. The molecule has 0 saturated carbocycles. The first kappa shape index (κ1) is 15.4. The number of pyridine rings is 2. The predicted octanol–water partition coefficient (Wildman–Crippen LogP) is 4.06. The van der Waals surface area contributed by atoms with E-state index in [-0.39, 0.29) is 5.78 Å². The Morgan fingerprint density at radius 3 is 2.61 bits per heavy atom. The molecule has 0 radical (unpaired) electrons. The number of thiophene rings is 1. The van der Waals surface area contributed by atoms with Crippen LogP contribution >= 0.6 is 11.3 Å². The lowest BCUT2D eigenvalue weighted by atomic mass is 10.2. The number of rotatable bonds is 6. The molecule has 3 aromatic rings. The van der Waals surface area contributed by atoms with E-state index in [2.05, 4.69) is 15.3 Å². The van der Waals surface area contributed by atoms with Crippen molar-refractivity contribution >= 4 is 22.9 Å². The molecule has 0 saturated heterocycles. The smallest absolute Gasteiger partial charge is 0.169 e. The number of anilines is 1. The van der Waals surface area contributed by atoms with Crippen molar-refractivity contribution in [3.63, 3.8) is 0 Å². The molecule has 3 heterocycles. The Kier molecular flexibility index (Phi) is 4.78. The maximum Gasteiger partial charge on any atom is 0.169 e. The normalized spacial score (nSPS) is 10.5. The van der Waals surface area contributed by atoms with E-state index in [1.54, 1.807) is 19.3 Å². The van der Waals surface area contributed by atoms with E-state index in [9.17, 15) is 4.79 Å². The summed E-state index contributed by atoms with van der Waals surface area (Å²) in [5, 5.41) is 3.31. The molecule has 0 atom stereocenters. The van der Waals surface area contributed by atoms with Crippen LogP contribution in [0.1, 0.15) is 22.2 Å². The molecule has 0 aliphatic rings. The first-order chi connectivity index (χ1) is 11.2. The lowest BCUT2D eigenvalue weighted by Crippen LogP contribution is -2.06. The van der Waals surface area contributed by atoms with Gasteiger partial charge in [0.05, 0.1) is 4.88 Å². The minimum atomic E-state index is 0.101. The summed E-state index contributed by atoms with van der Waals surface area (Å²) in [6.07, 6.45) is 6.38. The van der Waals surface area contributed by atoms with Crippen molar-refractivity contribution in [2.75, 3.05) is 11.9 Å². The second kappa shape index (κ2) is 7.15. The van der Waals surface area contributed by atoms with E-state index in [1.165, 1.54) is 16.9 Å². The van der Waals surface area contributed by atoms with Gasteiger partial charge in [-0.15, -0.1) is 11.3 Å². The largest absolute Gasteiger partial charge is 0.370 e. The van der Waals surface area contributed by atoms with E-state index >= 15 is 0 Å². The van der Waals surface area contributed by atoms with Crippen LogP contribution in [0.3, 0.4) is 0 Å². The number of carbonyl (C=O) groups excluding carboxylic acids is 1. The van der Waals surface area contributed by atoms with Gasteiger partial charge in [-0.05, 0) is 55.3 Å². The third kappa shape index (κ3) is 4.02. The van der Waals surface area contributed by atoms with Gasteiger partial charge in [-0.25, -0.2) is 4.98 Å². The Morgan fingerprint density at radius 2 is 1.96 bits per heavy atom. The fourth-order valence-electron chi connectivity index (χ4n) is 2.21. The fourth-order valence-corrected chi connectivity index (χ4v) is 3.10. The van der Waals surface area contributed by atoms with E-state index in [0.29, 0.717) is 0 Å². The van der Waals surface area contributed by atoms with E-state index < -0.39 is 0 Å². The number of carbonyl (C=O) groups is 1. The minimum Gasteiger partial charge on any atom is -0.370 e. The highest BCUT2D eigenvalue weighted by molar-refractivity contribution is 7.17. The molecular formula is C18H17N3OS. The van der Waals surface area contributed by atoms with Gasteiger partial charge >= 0.3 is 0 Å². The summed E-state index contributed by atoms with van der Waals surface area (Å²) in [6, 6.07) is 11.9. The first-order valence-electron chi connectivity index (χ1n) is 7.42. The highest BCUT2D eigenvalue weighted by Crippen LogP contribution is 2.28. The van der Waals surface area contributed by atoms with Crippen LogP contribution in [0, 0.1) is 0 Å². The van der Waals surface area contributed by atoms with Crippen molar-refractivity contribution in [3.8, 4) is 10.4 Å². The second-order valence-electron chi connectivity index (χ2n) is 5.18. The third-order valence-electron chi connectivity index (χ3n) is 3.47. The molecule has 0 aromatic carbocycles. The van der Waals surface area contributed by atoms with Gasteiger partial charge in [0.1, 0.15) is 5.82 Å². The van der Waals surface area contributed by atoms with Crippen LogP contribution < -0.4 is 5.32 Å². The average molecular weight is 323 g/mol. The Bertz CT molecular complexity index is 782. The van der Waals surface area contributed by atoms with Crippen LogP contribution in [-0.2, 0) is 6.42 Å². The van der Waals surface area contributed by atoms with Gasteiger partial charge in [0.15, 0.2) is 5.78 Å². The summed E-state index contributed by atoms with van der Waals surface area (Å²) in [4.78, 5) is 21.6. The molecule has 0 aliphatic heterocycles. The van der Waals surface area contributed by atoms with Crippen LogP contribution in [0.15, 0.2) is 55.0 Å². The van der Waals surface area contributed by atoms with Gasteiger partial charge in [-0.2, -0.15) is 0 Å². The Morgan fingerprint density at radius 1 is 1.13 bits per heavy atom. The molecule has 0 fully saturated rings. The first-order valence-corrected chi connectivity index (χ1v) is 8.24. The zero-order chi connectivity index (χ0) is 16.1. The SMILES string of the molecule is CC(=O)c1ccc(-c2ccc(NCCc3ccncc3)nc2)s1. The van der Waals surface area contributed by atoms with Crippen LogP contribution in [0.5, 0.6) is 0 Å². The molecule has 1 N–H and O–H groups in total. The van der Waals surface area contributed by atoms with Crippen molar-refractivity contribution in [1.82, 2.24) is 9.97 Å². The molecule has 0 spiro atoms. The summed E-state index contributed by atoms with van der Waals surface area (Å²) >= 11 is 1.50. The van der Waals surface area contributed by atoms with Crippen molar-refractivity contribution in [2.24, 2.45) is 0 Å². The number of ketones is 1. The summed E-state index contributed by atoms with van der Waals surface area (Å²) in [7, 11) is 0. The standard InChI is InChI=1S/C18H17N3OS/c1-13(22)16-3-4-17(23-16)15-2-5-18(21-12-15)20-11-8-14-6-9-19-10-7-14/h2-7,9-10,12H,8,11H2,1H3,(H,20,21). The zero-order valence-electron chi connectivity index (χ0n) is 12.8. The number of nitrogens with zero attached hydrogens (tertiary/aromatic N) is 2. The average Bonchev–Trinajstić information content (AvgIpc) is 3.07. The van der Waals surface area contributed by atoms with Crippen molar-refractivity contribution in [2.45, 2.75) is 13.3 Å². The molecule has 116 valence electrons. The van der Waals surface area contributed by atoms with Gasteiger partial charge in [0.2, 0.25) is 0 Å². The Hall–Kier alpha value is -2.53. The van der Waals surface area contributed by atoms with Gasteiger partial charge in [0, 0.05) is 35.6 Å². The minimum absolute atomic E-state index is 0.101. The van der Waals surface area contributed by atoms with E-state index in [1.807, 2.05) is 42.6 Å². The number of Topliss-reactive ketones (excluding diaryl/α,β-unsaturated/α-hetero) is 1. The molecule has 3 aromatic heterocycles. The lowest BCUT2D eigenvalue weighted by Gasteiger charge is -2.06. The molecule has 0 aliphatic carbocycles. The molecule has 5 heteroatoms. The van der Waals surface area contributed by atoms with E-state index in [0.717, 1.165) is 34.1 Å². The van der Waals surface area contributed by atoms with Crippen molar-refractivity contribution < 1.29 is 4.79 Å². The van der Waals surface area contributed by atoms with Crippen molar-refractivity contribution in [1.29, 1.82) is 0 Å². The van der Waals surface area contributed by atoms with Gasteiger partial charge in [-0.3, -0.25) is 9.78 Å². The van der Waals surface area contributed by atoms with Crippen molar-refractivity contribution in [3.05, 3.63) is 65.4 Å². The number of nitrogens with one attached hydrogen (secondary N) is 1. The Balaban J connectivity index is 1.59. The van der Waals surface area contributed by atoms with Crippen LogP contribution in [0.4, 0.5) is 5.82 Å². The second-order valence-corrected chi connectivity index (χ2v) is 6.27. The quantitative estimate of drug-likeness (QED) is 0.695. The maximum atomic E-state index is 11.4. The monoisotopic (exact) mass is 323 g/mol. The van der Waals surface area contributed by atoms with Gasteiger partial charge in [0.25, 0.3) is 0 Å². The Labute approximate surface area is 139 Å². The van der Waals surface area contributed by atoms with Gasteiger partial charge < -0.3 is 5.32 Å². The fraction of sp³-hybridized carbons (Fsp3) is 0.167. The van der Waals surface area contributed by atoms with Gasteiger partial charge in [-0.1, -0.05) is 0 Å². The van der Waals surface area contributed by atoms with Crippen LogP contribution in [0.2, 0.25) is 0 Å². The maximum absolute atomic E-state index is 11.4. The summed E-state index contributed by atoms with van der Waals surface area (Å²) in [6.45, 7) is 2.41. The molecule has 0 amide bonds. The third-order valence-corrected chi connectivity index (χ3v) is 4.71. The molecule has 4 nitrogen and oxygen atoms in total. The summed E-state index contributed by atoms with van der Waals surface area (Å²) in [5.41, 5.74) is 2.28. The molecule has 0 unspecified atom stereocenters. The number of hydrogen-bond donors (Lipinski definition) is 1. The molecule has 23 heavy (non-hydrogen) atoms. The number of hydrogen-bond acceptors (Lipinski definition) is 5. The summed E-state index contributed by atoms with van der Waals surface area (Å²) < 4.78 is 0. The molecule has 0 bridgehead atoms. The highest BCUT2D eigenvalue weighted by atomic mass is 32.1. The zero-order valence-corrected chi connectivity index (χ0v) is 13.6. The summed E-state index contributed by atoms with van der Waals surface area (Å²) in [5.74, 6) is 0.953. The van der Waals surface area contributed by atoms with E-state index in [4.69, 9.17) is 0 Å². The topological polar surface area (TPSA) is 54.9 Å². The van der Waals surface area contributed by atoms with Crippen LogP contribution in [0.25, 0.3) is 10.4 Å². The predicted molar refractivity (Wildman–Crippen MR) is 94.0 cm³/mol. The molecule has 3 rings (SSSR count). The molecular weight excluding hydrogens is 306 g/mol. The number of aromatic nitrogens is 2.